The number of carbonyl (C=O) groups excluding carboxylic acids is 1. The number of likely N-dealkylation sites (tertiary alicyclic amines) is 1. The Morgan fingerprint density at radius 1 is 1.09 bits per heavy atom. The molecule has 1 aliphatic heterocycles. The quantitative estimate of drug-likeness (QED) is 0.469. The van der Waals surface area contributed by atoms with E-state index in [9.17, 15) is 4.79 Å². The summed E-state index contributed by atoms with van der Waals surface area (Å²) < 4.78 is 7.80. The molecule has 0 bridgehead atoms. The topological polar surface area (TPSA) is 99.2 Å². The number of hydrogen-bond donors (Lipinski definition) is 1. The van der Waals surface area contributed by atoms with Gasteiger partial charge in [-0.2, -0.15) is 5.10 Å². The number of ether oxygens (including phenoxy) is 1. The number of anilines is 1. The third-order valence-corrected chi connectivity index (χ3v) is 5.89. The predicted molar refractivity (Wildman–Crippen MR) is 130 cm³/mol. The third-order valence-electron chi connectivity index (χ3n) is 5.89. The van der Waals surface area contributed by atoms with Crippen molar-refractivity contribution >= 4 is 22.8 Å². The molecule has 2 aromatic heterocycles. The lowest BCUT2D eigenvalue weighted by molar-refractivity contribution is -0.126. The zero-order chi connectivity index (χ0) is 23.5. The molecule has 2 aromatic carbocycles. The highest BCUT2D eigenvalue weighted by molar-refractivity contribution is 5.98. The summed E-state index contributed by atoms with van der Waals surface area (Å²) >= 11 is 0. The van der Waals surface area contributed by atoms with Gasteiger partial charge >= 0.3 is 0 Å². The molecule has 4 aromatic rings. The van der Waals surface area contributed by atoms with Gasteiger partial charge in [-0.3, -0.25) is 4.79 Å². The van der Waals surface area contributed by atoms with E-state index in [1.165, 1.54) is 6.33 Å². The van der Waals surface area contributed by atoms with Crippen LogP contribution in [0.25, 0.3) is 22.3 Å². The molecular formula is C26H24N6O2. The van der Waals surface area contributed by atoms with Crippen LogP contribution in [0.1, 0.15) is 25.8 Å². The molecule has 1 saturated heterocycles. The van der Waals surface area contributed by atoms with Gasteiger partial charge in [0.05, 0.1) is 11.4 Å². The first-order chi connectivity index (χ1) is 16.6. The van der Waals surface area contributed by atoms with E-state index in [0.717, 1.165) is 29.9 Å². The van der Waals surface area contributed by atoms with E-state index in [0.29, 0.717) is 35.6 Å². The number of benzene rings is 2. The smallest absolute Gasteiger partial charge is 0.298 e. The van der Waals surface area contributed by atoms with E-state index < -0.39 is 0 Å². The maximum atomic E-state index is 12.3. The number of rotatable bonds is 4. The molecule has 1 unspecified atom stereocenters. The van der Waals surface area contributed by atoms with Crippen LogP contribution < -0.4 is 10.5 Å². The van der Waals surface area contributed by atoms with Gasteiger partial charge in [-0.25, -0.2) is 14.6 Å². The summed E-state index contributed by atoms with van der Waals surface area (Å²) in [4.78, 5) is 22.8. The molecule has 0 saturated carbocycles. The number of carbonyl (C=O) groups is 1. The van der Waals surface area contributed by atoms with Crippen LogP contribution in [-0.4, -0.2) is 43.6 Å². The average Bonchev–Trinajstić information content (AvgIpc) is 3.26. The van der Waals surface area contributed by atoms with Crippen molar-refractivity contribution in [2.24, 2.45) is 0 Å². The van der Waals surface area contributed by atoms with Crippen LogP contribution in [0, 0.1) is 11.8 Å². The largest absolute Gasteiger partial charge is 0.457 e. The number of para-hydroxylation sites is 1. The van der Waals surface area contributed by atoms with Gasteiger partial charge in [-0.15, -0.1) is 0 Å². The fourth-order valence-corrected chi connectivity index (χ4v) is 4.28. The summed E-state index contributed by atoms with van der Waals surface area (Å²) in [5.41, 5.74) is 8.52. The zero-order valence-electron chi connectivity index (χ0n) is 18.8. The van der Waals surface area contributed by atoms with Gasteiger partial charge in [0.1, 0.15) is 29.3 Å². The summed E-state index contributed by atoms with van der Waals surface area (Å²) in [6.07, 6.45) is 3.20. The highest BCUT2D eigenvalue weighted by Gasteiger charge is 2.28. The highest BCUT2D eigenvalue weighted by atomic mass is 16.5. The van der Waals surface area contributed by atoms with E-state index >= 15 is 0 Å². The van der Waals surface area contributed by atoms with E-state index in [1.54, 1.807) is 11.8 Å². The SMILES string of the molecule is CC#CC(=O)N1CCCC(n2nc(-c3ccc(Oc4ccccc4)cc3)c3c(N)ncnc32)C1. The second kappa shape index (κ2) is 9.24. The molecule has 1 amide bonds. The van der Waals surface area contributed by atoms with Crippen LogP contribution in [0.15, 0.2) is 60.9 Å². The maximum absolute atomic E-state index is 12.3. The van der Waals surface area contributed by atoms with Crippen LogP contribution in [0.4, 0.5) is 5.82 Å². The van der Waals surface area contributed by atoms with E-state index in [1.807, 2.05) is 59.3 Å². The Morgan fingerprint density at radius 2 is 1.85 bits per heavy atom. The molecule has 3 heterocycles. The second-order valence-corrected chi connectivity index (χ2v) is 8.11. The lowest BCUT2D eigenvalue weighted by atomic mass is 10.1. The van der Waals surface area contributed by atoms with E-state index in [2.05, 4.69) is 21.8 Å². The Kier molecular flexibility index (Phi) is 5.83. The van der Waals surface area contributed by atoms with Crippen molar-refractivity contribution in [1.82, 2.24) is 24.6 Å². The second-order valence-electron chi connectivity index (χ2n) is 8.11. The number of nitrogen functional groups attached to an aromatic ring is 1. The Labute approximate surface area is 197 Å². The van der Waals surface area contributed by atoms with Gasteiger partial charge < -0.3 is 15.4 Å². The minimum atomic E-state index is -0.160. The molecule has 1 aliphatic rings. The number of fused-ring (bicyclic) bond motifs is 1. The molecule has 170 valence electrons. The molecule has 0 radical (unpaired) electrons. The molecular weight excluding hydrogens is 428 g/mol. The van der Waals surface area contributed by atoms with Gasteiger partial charge in [0.2, 0.25) is 0 Å². The normalized spacial score (nSPS) is 15.6. The number of hydrogen-bond acceptors (Lipinski definition) is 6. The standard InChI is InChI=1S/C26H24N6O2/c1-2-7-22(33)31-15-6-8-19(16-31)32-26-23(25(27)28-17-29-26)24(30-32)18-11-13-21(14-12-18)34-20-9-4-3-5-10-20/h3-5,9-14,17,19H,6,8,15-16H2,1H3,(H2,27,28,29). The van der Waals surface area contributed by atoms with Gasteiger partial charge in [-0.1, -0.05) is 24.1 Å². The molecule has 1 fully saturated rings. The first-order valence-corrected chi connectivity index (χ1v) is 11.2. The van der Waals surface area contributed by atoms with Crippen LogP contribution in [0.5, 0.6) is 11.5 Å². The lowest BCUT2D eigenvalue weighted by Gasteiger charge is -2.31. The Hall–Kier alpha value is -4.38. The van der Waals surface area contributed by atoms with E-state index in [4.69, 9.17) is 15.6 Å². The summed E-state index contributed by atoms with van der Waals surface area (Å²) in [6.45, 7) is 2.88. The summed E-state index contributed by atoms with van der Waals surface area (Å²) in [6, 6.07) is 17.3. The number of piperidine rings is 1. The van der Waals surface area contributed by atoms with Crippen molar-refractivity contribution in [3.05, 3.63) is 60.9 Å². The van der Waals surface area contributed by atoms with Gasteiger partial charge in [0.25, 0.3) is 5.91 Å². The van der Waals surface area contributed by atoms with Crippen molar-refractivity contribution < 1.29 is 9.53 Å². The zero-order valence-corrected chi connectivity index (χ0v) is 18.8. The highest BCUT2D eigenvalue weighted by Crippen LogP contribution is 2.34. The van der Waals surface area contributed by atoms with Gasteiger partial charge in [0, 0.05) is 18.7 Å². The monoisotopic (exact) mass is 452 g/mol. The minimum Gasteiger partial charge on any atom is -0.457 e. The average molecular weight is 453 g/mol. The van der Waals surface area contributed by atoms with Crippen LogP contribution in [-0.2, 0) is 4.79 Å². The Balaban J connectivity index is 1.49. The molecule has 0 spiro atoms. The van der Waals surface area contributed by atoms with Crippen molar-refractivity contribution in [1.29, 1.82) is 0 Å². The third kappa shape index (κ3) is 4.16. The number of nitrogens with two attached hydrogens (primary N) is 1. The maximum Gasteiger partial charge on any atom is 0.298 e. The van der Waals surface area contributed by atoms with Crippen LogP contribution in [0.2, 0.25) is 0 Å². The summed E-state index contributed by atoms with van der Waals surface area (Å²) in [5.74, 6) is 7.03. The molecule has 8 nitrogen and oxygen atoms in total. The molecule has 2 N–H and O–H groups in total. The van der Waals surface area contributed by atoms with E-state index in [-0.39, 0.29) is 11.9 Å². The summed E-state index contributed by atoms with van der Waals surface area (Å²) in [7, 11) is 0. The lowest BCUT2D eigenvalue weighted by Crippen LogP contribution is -2.40. The van der Waals surface area contributed by atoms with Crippen molar-refractivity contribution in [2.75, 3.05) is 18.8 Å². The summed E-state index contributed by atoms with van der Waals surface area (Å²) in [5, 5.41) is 5.62. The molecule has 1 atom stereocenters. The van der Waals surface area contributed by atoms with Crippen molar-refractivity contribution in [3.63, 3.8) is 0 Å². The number of aromatic nitrogens is 4. The van der Waals surface area contributed by atoms with Gasteiger partial charge in [-0.05, 0) is 62.1 Å². The van der Waals surface area contributed by atoms with Crippen LogP contribution >= 0.6 is 0 Å². The van der Waals surface area contributed by atoms with Crippen LogP contribution in [0.3, 0.4) is 0 Å². The molecule has 0 aliphatic carbocycles. The fraction of sp³-hybridized carbons (Fsp3) is 0.231. The first kappa shape index (κ1) is 21.5. The molecule has 34 heavy (non-hydrogen) atoms. The number of nitrogens with zero attached hydrogens (tertiary/aromatic N) is 5. The minimum absolute atomic E-state index is 0.0254. The number of amides is 1. The first-order valence-electron chi connectivity index (χ1n) is 11.2. The predicted octanol–water partition coefficient (Wildman–Crippen LogP) is 4.05. The molecule has 8 heteroatoms. The fourth-order valence-electron chi connectivity index (χ4n) is 4.28. The Bertz CT molecular complexity index is 1390. The Morgan fingerprint density at radius 3 is 2.62 bits per heavy atom. The van der Waals surface area contributed by atoms with Crippen molar-refractivity contribution in [3.8, 4) is 34.6 Å². The molecule has 5 rings (SSSR count). The van der Waals surface area contributed by atoms with Gasteiger partial charge in [0.15, 0.2) is 5.65 Å². The van der Waals surface area contributed by atoms with Crippen molar-refractivity contribution in [2.45, 2.75) is 25.8 Å².